The first kappa shape index (κ1) is 19.9. The molecular weight excluding hydrogens is 335 g/mol. The van der Waals surface area contributed by atoms with Crippen LogP contribution in [-0.4, -0.2) is 25.3 Å². The molecule has 2 rings (SSSR count). The monoisotopic (exact) mass is 360 g/mol. The molecule has 0 aliphatic carbocycles. The number of hydrogen-bond donors (Lipinski definition) is 1. The fourth-order valence-corrected chi connectivity index (χ4v) is 2.73. The number of carbonyl (C=O) groups is 1. The molecule has 140 valence electrons. The zero-order valence-electron chi connectivity index (χ0n) is 15.8. The molecule has 0 fully saturated rings. The first-order chi connectivity index (χ1) is 12.2. The molecule has 0 aliphatic rings. The summed E-state index contributed by atoms with van der Waals surface area (Å²) in [6, 6.07) is 9.21. The number of ether oxygens (including phenoxy) is 2. The van der Waals surface area contributed by atoms with Crippen LogP contribution in [0.2, 0.25) is 0 Å². The second-order valence-electron chi connectivity index (χ2n) is 6.88. The summed E-state index contributed by atoms with van der Waals surface area (Å²) in [6.07, 6.45) is -0.186. The van der Waals surface area contributed by atoms with E-state index < -0.39 is 23.3 Å². The van der Waals surface area contributed by atoms with E-state index in [1.54, 1.807) is 24.3 Å². The molecule has 0 aromatic heterocycles. The molecule has 4 nitrogen and oxygen atoms in total. The number of carbonyl (C=O) groups excluding carboxylic acids is 1. The smallest absolute Gasteiger partial charge is 0.337 e. The maximum Gasteiger partial charge on any atom is 0.337 e. The average molecular weight is 360 g/mol. The highest BCUT2D eigenvalue weighted by molar-refractivity contribution is 5.90. The summed E-state index contributed by atoms with van der Waals surface area (Å²) in [5.41, 5.74) is 1.15. The van der Waals surface area contributed by atoms with Gasteiger partial charge in [0, 0.05) is 5.56 Å². The van der Waals surface area contributed by atoms with E-state index in [9.17, 15) is 14.3 Å². The van der Waals surface area contributed by atoms with Gasteiger partial charge >= 0.3 is 5.97 Å². The number of methoxy groups -OCH3 is 2. The Morgan fingerprint density at radius 2 is 1.85 bits per heavy atom. The van der Waals surface area contributed by atoms with Crippen molar-refractivity contribution in [3.8, 4) is 16.9 Å². The van der Waals surface area contributed by atoms with Crippen LogP contribution in [-0.2, 0) is 4.74 Å². The van der Waals surface area contributed by atoms with E-state index in [2.05, 4.69) is 0 Å². The Hall–Kier alpha value is -2.40. The maximum atomic E-state index is 14.5. The average Bonchev–Trinajstić information content (AvgIpc) is 2.66. The Morgan fingerprint density at radius 1 is 1.15 bits per heavy atom. The van der Waals surface area contributed by atoms with Crippen LogP contribution in [0.25, 0.3) is 11.1 Å². The third-order valence-electron chi connectivity index (χ3n) is 4.88. The number of rotatable bonds is 6. The van der Waals surface area contributed by atoms with Gasteiger partial charge in [-0.2, -0.15) is 0 Å². The van der Waals surface area contributed by atoms with Gasteiger partial charge in [-0.05, 0) is 53.3 Å². The zero-order valence-corrected chi connectivity index (χ0v) is 15.8. The summed E-state index contributed by atoms with van der Waals surface area (Å²) < 4.78 is 24.5. The minimum Gasteiger partial charge on any atom is -0.497 e. The molecular formula is C21H25FO4. The Balaban J connectivity index is 2.71. The number of aliphatic hydroxyl groups excluding tert-OH is 1. The minimum atomic E-state index is -0.891. The van der Waals surface area contributed by atoms with Gasteiger partial charge in [0.05, 0.1) is 25.9 Å². The second-order valence-corrected chi connectivity index (χ2v) is 6.88. The number of benzene rings is 2. The van der Waals surface area contributed by atoms with Gasteiger partial charge in [0.25, 0.3) is 0 Å². The van der Waals surface area contributed by atoms with Crippen molar-refractivity contribution in [3.63, 3.8) is 0 Å². The third-order valence-corrected chi connectivity index (χ3v) is 4.88. The Kier molecular flexibility index (Phi) is 6.03. The quantitative estimate of drug-likeness (QED) is 0.755. The van der Waals surface area contributed by atoms with Crippen LogP contribution in [0.15, 0.2) is 36.4 Å². The molecule has 1 N–H and O–H groups in total. The van der Waals surface area contributed by atoms with E-state index in [0.717, 1.165) is 0 Å². The van der Waals surface area contributed by atoms with Crippen LogP contribution in [0.5, 0.6) is 5.75 Å². The molecule has 0 heterocycles. The van der Waals surface area contributed by atoms with Crippen LogP contribution >= 0.6 is 0 Å². The predicted molar refractivity (Wildman–Crippen MR) is 98.8 cm³/mol. The van der Waals surface area contributed by atoms with Gasteiger partial charge in [-0.25, -0.2) is 9.18 Å². The van der Waals surface area contributed by atoms with Crippen LogP contribution in [0.4, 0.5) is 4.39 Å². The van der Waals surface area contributed by atoms with E-state index in [1.165, 1.54) is 26.4 Å². The Labute approximate surface area is 153 Å². The van der Waals surface area contributed by atoms with E-state index in [1.807, 2.05) is 20.8 Å². The van der Waals surface area contributed by atoms with Gasteiger partial charge in [0.1, 0.15) is 11.6 Å². The van der Waals surface area contributed by atoms with Crippen LogP contribution < -0.4 is 4.74 Å². The molecule has 0 saturated heterocycles. The van der Waals surface area contributed by atoms with Crippen molar-refractivity contribution in [1.82, 2.24) is 0 Å². The number of esters is 1. The maximum absolute atomic E-state index is 14.5. The standard InChI is InChI=1S/C21H25FO4/c1-6-21(2,3)19(23)17-11-13(20(24)26-5)7-9-15(17)16-12-14(25-4)8-10-18(16)22/h7-12,19,23H,6H2,1-5H3. The molecule has 0 saturated carbocycles. The molecule has 0 radical (unpaired) electrons. The molecule has 0 amide bonds. The second kappa shape index (κ2) is 7.87. The molecule has 5 heteroatoms. The lowest BCUT2D eigenvalue weighted by molar-refractivity contribution is 0.0466. The fraction of sp³-hybridized carbons (Fsp3) is 0.381. The van der Waals surface area contributed by atoms with Crippen molar-refractivity contribution in [3.05, 3.63) is 53.3 Å². The largest absolute Gasteiger partial charge is 0.497 e. The lowest BCUT2D eigenvalue weighted by Gasteiger charge is -2.31. The summed E-state index contributed by atoms with van der Waals surface area (Å²) in [7, 11) is 2.80. The van der Waals surface area contributed by atoms with E-state index in [0.29, 0.717) is 34.4 Å². The molecule has 1 atom stereocenters. The highest BCUT2D eigenvalue weighted by Crippen LogP contribution is 2.42. The Morgan fingerprint density at radius 3 is 2.42 bits per heavy atom. The van der Waals surface area contributed by atoms with Crippen molar-refractivity contribution in [1.29, 1.82) is 0 Å². The molecule has 0 aliphatic heterocycles. The highest BCUT2D eigenvalue weighted by atomic mass is 19.1. The van der Waals surface area contributed by atoms with Crippen LogP contribution in [0.3, 0.4) is 0 Å². The Bertz CT molecular complexity index is 799. The van der Waals surface area contributed by atoms with Crippen molar-refractivity contribution < 1.29 is 23.8 Å². The topological polar surface area (TPSA) is 55.8 Å². The fourth-order valence-electron chi connectivity index (χ4n) is 2.73. The molecule has 0 spiro atoms. The van der Waals surface area contributed by atoms with Crippen LogP contribution in [0, 0.1) is 11.2 Å². The third kappa shape index (κ3) is 3.88. The number of hydrogen-bond acceptors (Lipinski definition) is 4. The molecule has 1 unspecified atom stereocenters. The van der Waals surface area contributed by atoms with Crippen molar-refractivity contribution >= 4 is 5.97 Å². The predicted octanol–water partition coefficient (Wildman–Crippen LogP) is 4.76. The van der Waals surface area contributed by atoms with Gasteiger partial charge in [0.2, 0.25) is 0 Å². The summed E-state index contributed by atoms with van der Waals surface area (Å²) in [5.74, 6) is -0.432. The van der Waals surface area contributed by atoms with Crippen molar-refractivity contribution in [2.75, 3.05) is 14.2 Å². The molecule has 2 aromatic rings. The number of halogens is 1. The van der Waals surface area contributed by atoms with Gasteiger partial charge in [-0.15, -0.1) is 0 Å². The van der Waals surface area contributed by atoms with E-state index in [-0.39, 0.29) is 0 Å². The van der Waals surface area contributed by atoms with E-state index >= 15 is 0 Å². The molecule has 0 bridgehead atoms. The summed E-state index contributed by atoms with van der Waals surface area (Å²) >= 11 is 0. The van der Waals surface area contributed by atoms with Crippen LogP contribution in [0.1, 0.15) is 49.2 Å². The normalized spacial score (nSPS) is 12.6. The first-order valence-corrected chi connectivity index (χ1v) is 8.49. The van der Waals surface area contributed by atoms with E-state index in [4.69, 9.17) is 9.47 Å². The van der Waals surface area contributed by atoms with Crippen molar-refractivity contribution in [2.24, 2.45) is 5.41 Å². The lowest BCUT2D eigenvalue weighted by Crippen LogP contribution is -2.22. The number of aliphatic hydroxyl groups is 1. The lowest BCUT2D eigenvalue weighted by atomic mass is 9.78. The summed E-state index contributed by atoms with van der Waals surface area (Å²) in [4.78, 5) is 11.9. The first-order valence-electron chi connectivity index (χ1n) is 8.49. The zero-order chi connectivity index (χ0) is 19.5. The molecule has 26 heavy (non-hydrogen) atoms. The van der Waals surface area contributed by atoms with Gasteiger partial charge in [-0.1, -0.05) is 26.8 Å². The molecule has 2 aromatic carbocycles. The SMILES string of the molecule is CCC(C)(C)C(O)c1cc(C(=O)OC)ccc1-c1cc(OC)ccc1F. The van der Waals surface area contributed by atoms with Crippen molar-refractivity contribution in [2.45, 2.75) is 33.3 Å². The van der Waals surface area contributed by atoms with Gasteiger partial charge < -0.3 is 14.6 Å². The highest BCUT2D eigenvalue weighted by Gasteiger charge is 2.30. The van der Waals surface area contributed by atoms with Gasteiger partial charge in [0.15, 0.2) is 0 Å². The summed E-state index contributed by atoms with van der Waals surface area (Å²) in [6.45, 7) is 5.82. The minimum absolute atomic E-state index is 0.306. The summed E-state index contributed by atoms with van der Waals surface area (Å²) in [5, 5.41) is 11.0. The van der Waals surface area contributed by atoms with Gasteiger partial charge in [-0.3, -0.25) is 0 Å².